The van der Waals surface area contributed by atoms with E-state index in [-0.39, 0.29) is 5.91 Å². The number of hydrogen-bond donors (Lipinski definition) is 1. The summed E-state index contributed by atoms with van der Waals surface area (Å²) in [5.41, 5.74) is 0.994. The predicted octanol–water partition coefficient (Wildman–Crippen LogP) is 1.33. The number of rotatable bonds is 3. The fraction of sp³-hybridized carbons (Fsp3) is 0.583. The summed E-state index contributed by atoms with van der Waals surface area (Å²) < 4.78 is 5.11. The van der Waals surface area contributed by atoms with Gasteiger partial charge in [-0.25, -0.2) is 0 Å². The minimum absolute atomic E-state index is 0.139. The van der Waals surface area contributed by atoms with E-state index in [1.807, 2.05) is 16.3 Å². The van der Waals surface area contributed by atoms with Crippen molar-refractivity contribution < 1.29 is 9.53 Å². The number of ether oxygens (including phenoxy) is 1. The van der Waals surface area contributed by atoms with Gasteiger partial charge in [-0.15, -0.1) is 11.3 Å². The largest absolute Gasteiger partial charge is 0.380 e. The predicted molar refractivity (Wildman–Crippen MR) is 68.4 cm³/mol. The zero-order valence-corrected chi connectivity index (χ0v) is 11.0. The molecule has 1 saturated heterocycles. The van der Waals surface area contributed by atoms with Crippen LogP contribution >= 0.6 is 11.3 Å². The second kappa shape index (κ2) is 5.62. The van der Waals surface area contributed by atoms with Crippen LogP contribution in [-0.2, 0) is 11.3 Å². The molecule has 1 aliphatic rings. The number of carbonyl (C=O) groups excluding carboxylic acids is 1. The zero-order chi connectivity index (χ0) is 12.3. The van der Waals surface area contributed by atoms with Crippen molar-refractivity contribution in [3.05, 3.63) is 21.9 Å². The van der Waals surface area contributed by atoms with Gasteiger partial charge in [0.2, 0.25) is 0 Å². The van der Waals surface area contributed by atoms with E-state index in [0.29, 0.717) is 12.6 Å². The summed E-state index contributed by atoms with van der Waals surface area (Å²) in [5, 5.41) is 5.29. The molecule has 1 atom stereocenters. The lowest BCUT2D eigenvalue weighted by Crippen LogP contribution is -2.51. The van der Waals surface area contributed by atoms with Crippen LogP contribution in [0.2, 0.25) is 0 Å². The third kappa shape index (κ3) is 2.86. The molecule has 5 heteroatoms. The lowest BCUT2D eigenvalue weighted by Gasteiger charge is -2.31. The molecule has 1 amide bonds. The highest BCUT2D eigenvalue weighted by Gasteiger charge is 2.24. The Bertz CT molecular complexity index is 392. The average molecular weight is 254 g/mol. The fourth-order valence-electron chi connectivity index (χ4n) is 2.05. The van der Waals surface area contributed by atoms with Gasteiger partial charge in [0, 0.05) is 38.3 Å². The molecule has 94 valence electrons. The number of piperazine rings is 1. The molecule has 1 fully saturated rings. The fourth-order valence-corrected chi connectivity index (χ4v) is 2.93. The van der Waals surface area contributed by atoms with Crippen LogP contribution in [0.3, 0.4) is 0 Å². The van der Waals surface area contributed by atoms with Crippen LogP contribution in [0, 0.1) is 0 Å². The summed E-state index contributed by atoms with van der Waals surface area (Å²) >= 11 is 1.50. The minimum Gasteiger partial charge on any atom is -0.380 e. The first-order valence-corrected chi connectivity index (χ1v) is 6.68. The molecule has 0 saturated carbocycles. The second-order valence-electron chi connectivity index (χ2n) is 4.31. The van der Waals surface area contributed by atoms with Gasteiger partial charge in [0.1, 0.15) is 0 Å². The van der Waals surface area contributed by atoms with Gasteiger partial charge >= 0.3 is 0 Å². The van der Waals surface area contributed by atoms with Crippen LogP contribution in [0.25, 0.3) is 0 Å². The van der Waals surface area contributed by atoms with Crippen LogP contribution in [0.5, 0.6) is 0 Å². The first-order chi connectivity index (χ1) is 8.22. The van der Waals surface area contributed by atoms with Crippen molar-refractivity contribution in [2.24, 2.45) is 0 Å². The van der Waals surface area contributed by atoms with Gasteiger partial charge < -0.3 is 15.0 Å². The molecule has 1 aliphatic heterocycles. The first kappa shape index (κ1) is 12.5. The Kier molecular flexibility index (Phi) is 4.15. The number of nitrogens with one attached hydrogen (secondary N) is 1. The molecule has 0 aliphatic carbocycles. The van der Waals surface area contributed by atoms with Crippen molar-refractivity contribution in [2.75, 3.05) is 26.7 Å². The number of nitrogens with zero attached hydrogens (tertiary/aromatic N) is 1. The molecule has 1 aromatic heterocycles. The SMILES string of the molecule is COCc1ccsc1C(=O)N1CCN[C@H](C)C1. The van der Waals surface area contributed by atoms with Gasteiger partial charge in [0.25, 0.3) is 5.91 Å². The van der Waals surface area contributed by atoms with Crippen LogP contribution in [0.1, 0.15) is 22.2 Å². The third-order valence-corrected chi connectivity index (χ3v) is 3.84. The number of methoxy groups -OCH3 is 1. The van der Waals surface area contributed by atoms with Crippen molar-refractivity contribution in [1.29, 1.82) is 0 Å². The van der Waals surface area contributed by atoms with Crippen LogP contribution < -0.4 is 5.32 Å². The highest BCUT2D eigenvalue weighted by Crippen LogP contribution is 2.20. The quantitative estimate of drug-likeness (QED) is 0.885. The molecule has 0 radical (unpaired) electrons. The van der Waals surface area contributed by atoms with Crippen molar-refractivity contribution in [3.8, 4) is 0 Å². The van der Waals surface area contributed by atoms with E-state index in [1.54, 1.807) is 7.11 Å². The summed E-state index contributed by atoms with van der Waals surface area (Å²) in [6.45, 7) is 5.05. The maximum atomic E-state index is 12.4. The summed E-state index contributed by atoms with van der Waals surface area (Å²) in [7, 11) is 1.65. The smallest absolute Gasteiger partial charge is 0.264 e. The Morgan fingerprint density at radius 2 is 2.53 bits per heavy atom. The Balaban J connectivity index is 2.10. The molecule has 0 spiro atoms. The average Bonchev–Trinajstić information content (AvgIpc) is 2.77. The Morgan fingerprint density at radius 1 is 1.71 bits per heavy atom. The summed E-state index contributed by atoms with van der Waals surface area (Å²) in [6.07, 6.45) is 0. The first-order valence-electron chi connectivity index (χ1n) is 5.80. The van der Waals surface area contributed by atoms with E-state index < -0.39 is 0 Å². The van der Waals surface area contributed by atoms with Gasteiger partial charge in [-0.05, 0) is 18.4 Å². The Hall–Kier alpha value is -0.910. The van der Waals surface area contributed by atoms with Crippen molar-refractivity contribution >= 4 is 17.2 Å². The Morgan fingerprint density at radius 3 is 3.24 bits per heavy atom. The van der Waals surface area contributed by atoms with Gasteiger partial charge in [-0.3, -0.25) is 4.79 Å². The standard InChI is InChI=1S/C12H18N2O2S/c1-9-7-14(5-4-13-9)12(15)11-10(8-16-2)3-6-17-11/h3,6,9,13H,4-5,7-8H2,1-2H3/t9-/m1/s1. The van der Waals surface area contributed by atoms with Gasteiger partial charge in [0.05, 0.1) is 11.5 Å². The Labute approximate surface area is 106 Å². The lowest BCUT2D eigenvalue weighted by molar-refractivity contribution is 0.0710. The van der Waals surface area contributed by atoms with E-state index in [4.69, 9.17) is 4.74 Å². The maximum Gasteiger partial charge on any atom is 0.264 e. The molecule has 0 unspecified atom stereocenters. The normalized spacial score (nSPS) is 20.6. The number of hydrogen-bond acceptors (Lipinski definition) is 4. The molecular formula is C12H18N2O2S. The molecule has 4 nitrogen and oxygen atoms in total. The van der Waals surface area contributed by atoms with Crippen molar-refractivity contribution in [2.45, 2.75) is 19.6 Å². The number of amides is 1. The molecule has 2 heterocycles. The van der Waals surface area contributed by atoms with Crippen LogP contribution in [0.15, 0.2) is 11.4 Å². The van der Waals surface area contributed by atoms with Crippen molar-refractivity contribution in [1.82, 2.24) is 10.2 Å². The molecule has 1 N–H and O–H groups in total. The molecule has 0 bridgehead atoms. The van der Waals surface area contributed by atoms with Crippen LogP contribution in [0.4, 0.5) is 0 Å². The van der Waals surface area contributed by atoms with E-state index in [2.05, 4.69) is 12.2 Å². The highest BCUT2D eigenvalue weighted by atomic mass is 32.1. The van der Waals surface area contributed by atoms with E-state index >= 15 is 0 Å². The van der Waals surface area contributed by atoms with Crippen molar-refractivity contribution in [3.63, 3.8) is 0 Å². The highest BCUT2D eigenvalue weighted by molar-refractivity contribution is 7.12. The van der Waals surface area contributed by atoms with Gasteiger partial charge in [-0.2, -0.15) is 0 Å². The number of carbonyl (C=O) groups is 1. The topological polar surface area (TPSA) is 41.6 Å². The van der Waals surface area contributed by atoms with E-state index in [9.17, 15) is 4.79 Å². The summed E-state index contributed by atoms with van der Waals surface area (Å²) in [4.78, 5) is 15.1. The molecule has 0 aromatic carbocycles. The molecule has 1 aromatic rings. The summed E-state index contributed by atoms with van der Waals surface area (Å²) in [5.74, 6) is 0.139. The minimum atomic E-state index is 0.139. The second-order valence-corrected chi connectivity index (χ2v) is 5.23. The van der Waals surface area contributed by atoms with E-state index in [0.717, 1.165) is 30.1 Å². The van der Waals surface area contributed by atoms with Crippen LogP contribution in [-0.4, -0.2) is 43.6 Å². The molecule has 17 heavy (non-hydrogen) atoms. The zero-order valence-electron chi connectivity index (χ0n) is 10.2. The number of thiophene rings is 1. The monoisotopic (exact) mass is 254 g/mol. The van der Waals surface area contributed by atoms with Gasteiger partial charge in [-0.1, -0.05) is 0 Å². The third-order valence-electron chi connectivity index (χ3n) is 2.90. The summed E-state index contributed by atoms with van der Waals surface area (Å²) in [6, 6.07) is 2.34. The maximum absolute atomic E-state index is 12.4. The van der Waals surface area contributed by atoms with E-state index in [1.165, 1.54) is 11.3 Å². The molecule has 2 rings (SSSR count). The van der Waals surface area contributed by atoms with Gasteiger partial charge in [0.15, 0.2) is 0 Å². The molecular weight excluding hydrogens is 236 g/mol. The lowest BCUT2D eigenvalue weighted by atomic mass is 10.2.